The van der Waals surface area contributed by atoms with E-state index >= 15 is 0 Å². The molecule has 0 radical (unpaired) electrons. The number of amides is 2. The molecule has 2 rings (SSSR count). The first-order valence-electron chi connectivity index (χ1n) is 6.50. The quantitative estimate of drug-likeness (QED) is 0.627. The maximum absolute atomic E-state index is 11.7. The van der Waals surface area contributed by atoms with Crippen molar-refractivity contribution in [2.75, 3.05) is 6.54 Å². The van der Waals surface area contributed by atoms with E-state index in [1.807, 2.05) is 19.9 Å². The SMILES string of the molecule is CCNC(=O)CC1S/C(=N\N=C/c2ccc(C)o2)NC1=O. The van der Waals surface area contributed by atoms with E-state index in [2.05, 4.69) is 20.8 Å². The van der Waals surface area contributed by atoms with Gasteiger partial charge in [0.15, 0.2) is 5.17 Å². The first-order valence-corrected chi connectivity index (χ1v) is 7.38. The molecular formula is C13H16N4O3S. The Morgan fingerprint density at radius 1 is 1.57 bits per heavy atom. The second kappa shape index (κ2) is 7.07. The van der Waals surface area contributed by atoms with Crippen molar-refractivity contribution in [1.29, 1.82) is 0 Å². The summed E-state index contributed by atoms with van der Waals surface area (Å²) >= 11 is 1.20. The highest BCUT2D eigenvalue weighted by atomic mass is 32.2. The molecule has 1 aliphatic rings. The van der Waals surface area contributed by atoms with Crippen molar-refractivity contribution in [2.24, 2.45) is 10.2 Å². The fourth-order valence-electron chi connectivity index (χ4n) is 1.69. The number of rotatable bonds is 5. The van der Waals surface area contributed by atoms with E-state index in [1.54, 1.807) is 6.07 Å². The number of aryl methyl sites for hydroxylation is 1. The summed E-state index contributed by atoms with van der Waals surface area (Å²) in [5.74, 6) is 0.995. The highest BCUT2D eigenvalue weighted by molar-refractivity contribution is 8.15. The summed E-state index contributed by atoms with van der Waals surface area (Å²) in [5.41, 5.74) is 0. The summed E-state index contributed by atoms with van der Waals surface area (Å²) in [6.45, 7) is 4.21. The van der Waals surface area contributed by atoms with E-state index in [-0.39, 0.29) is 18.2 Å². The predicted molar refractivity (Wildman–Crippen MR) is 81.3 cm³/mol. The van der Waals surface area contributed by atoms with E-state index in [0.717, 1.165) is 5.76 Å². The van der Waals surface area contributed by atoms with Crippen molar-refractivity contribution in [1.82, 2.24) is 10.6 Å². The fourth-order valence-corrected chi connectivity index (χ4v) is 2.61. The minimum Gasteiger partial charge on any atom is -0.460 e. The molecule has 1 unspecified atom stereocenters. The van der Waals surface area contributed by atoms with E-state index in [9.17, 15) is 9.59 Å². The van der Waals surface area contributed by atoms with Crippen LogP contribution in [0.5, 0.6) is 0 Å². The smallest absolute Gasteiger partial charge is 0.240 e. The lowest BCUT2D eigenvalue weighted by atomic mass is 10.3. The molecule has 2 N–H and O–H groups in total. The minimum atomic E-state index is -0.462. The number of hydrogen-bond donors (Lipinski definition) is 2. The monoisotopic (exact) mass is 308 g/mol. The van der Waals surface area contributed by atoms with Gasteiger partial charge in [0.25, 0.3) is 0 Å². The van der Waals surface area contributed by atoms with Crippen LogP contribution in [0.25, 0.3) is 0 Å². The summed E-state index contributed by atoms with van der Waals surface area (Å²) in [4.78, 5) is 23.2. The van der Waals surface area contributed by atoms with Gasteiger partial charge in [-0.3, -0.25) is 9.59 Å². The molecule has 1 fully saturated rings. The van der Waals surface area contributed by atoms with Gasteiger partial charge in [0, 0.05) is 13.0 Å². The van der Waals surface area contributed by atoms with Crippen LogP contribution in [0.1, 0.15) is 24.9 Å². The van der Waals surface area contributed by atoms with Gasteiger partial charge >= 0.3 is 0 Å². The van der Waals surface area contributed by atoms with Gasteiger partial charge in [-0.25, -0.2) is 0 Å². The average Bonchev–Trinajstić information content (AvgIpc) is 2.97. The van der Waals surface area contributed by atoms with Gasteiger partial charge in [-0.15, -0.1) is 5.10 Å². The molecule has 0 aliphatic carbocycles. The van der Waals surface area contributed by atoms with Gasteiger partial charge in [-0.05, 0) is 26.0 Å². The van der Waals surface area contributed by atoms with Crippen molar-refractivity contribution in [3.8, 4) is 0 Å². The topological polar surface area (TPSA) is 96.1 Å². The summed E-state index contributed by atoms with van der Waals surface area (Å²) in [7, 11) is 0. The Hall–Kier alpha value is -2.09. The number of nitrogens with one attached hydrogen (secondary N) is 2. The minimum absolute atomic E-state index is 0.129. The number of carbonyl (C=O) groups excluding carboxylic acids is 2. The molecular weight excluding hydrogens is 292 g/mol. The van der Waals surface area contributed by atoms with Gasteiger partial charge in [0.2, 0.25) is 11.8 Å². The largest absolute Gasteiger partial charge is 0.460 e. The van der Waals surface area contributed by atoms with Crippen LogP contribution in [0.4, 0.5) is 0 Å². The summed E-state index contributed by atoms with van der Waals surface area (Å²) < 4.78 is 5.30. The lowest BCUT2D eigenvalue weighted by Gasteiger charge is -2.04. The van der Waals surface area contributed by atoms with Crippen molar-refractivity contribution in [3.05, 3.63) is 23.7 Å². The maximum Gasteiger partial charge on any atom is 0.240 e. The van der Waals surface area contributed by atoms with Crippen LogP contribution >= 0.6 is 11.8 Å². The van der Waals surface area contributed by atoms with Gasteiger partial charge in [-0.1, -0.05) is 11.8 Å². The summed E-state index contributed by atoms with van der Waals surface area (Å²) in [5, 5.41) is 12.9. The highest BCUT2D eigenvalue weighted by Gasteiger charge is 2.32. The van der Waals surface area contributed by atoms with Gasteiger partial charge in [0.1, 0.15) is 16.8 Å². The van der Waals surface area contributed by atoms with E-state index in [4.69, 9.17) is 4.42 Å². The number of furan rings is 1. The Balaban J connectivity index is 1.91. The third kappa shape index (κ3) is 4.45. The number of amidine groups is 1. The van der Waals surface area contributed by atoms with Crippen molar-refractivity contribution in [3.63, 3.8) is 0 Å². The third-order valence-corrected chi connectivity index (χ3v) is 3.69. The molecule has 112 valence electrons. The lowest BCUT2D eigenvalue weighted by molar-refractivity contribution is -0.125. The van der Waals surface area contributed by atoms with Crippen LogP contribution < -0.4 is 10.6 Å². The third-order valence-electron chi connectivity index (χ3n) is 2.62. The standard InChI is InChI=1S/C13H16N4O3S/c1-3-14-11(18)6-10-12(19)16-13(21-10)17-15-7-9-5-4-8(2)20-9/h4-5,7,10H,3,6H2,1-2H3,(H,14,18)(H,16,17,19)/b15-7-. The number of carbonyl (C=O) groups is 2. The van der Waals surface area contributed by atoms with Crippen molar-refractivity contribution in [2.45, 2.75) is 25.5 Å². The van der Waals surface area contributed by atoms with Gasteiger partial charge < -0.3 is 15.1 Å². The normalized spacial score (nSPS) is 20.2. The molecule has 1 aliphatic heterocycles. The number of thioether (sulfide) groups is 1. The Morgan fingerprint density at radius 2 is 2.38 bits per heavy atom. The Labute approximate surface area is 126 Å². The molecule has 2 heterocycles. The van der Waals surface area contributed by atoms with E-state index in [1.165, 1.54) is 18.0 Å². The molecule has 7 nitrogen and oxygen atoms in total. The molecule has 0 aromatic carbocycles. The summed E-state index contributed by atoms with van der Waals surface area (Å²) in [6.07, 6.45) is 1.59. The number of nitrogens with zero attached hydrogens (tertiary/aromatic N) is 2. The van der Waals surface area contributed by atoms with Crippen LogP contribution in [-0.4, -0.2) is 35.0 Å². The predicted octanol–water partition coefficient (Wildman–Crippen LogP) is 1.04. The van der Waals surface area contributed by atoms with Crippen molar-refractivity contribution >= 4 is 35.0 Å². The zero-order valence-electron chi connectivity index (χ0n) is 11.8. The molecule has 0 saturated carbocycles. The van der Waals surface area contributed by atoms with E-state index < -0.39 is 5.25 Å². The average molecular weight is 308 g/mol. The zero-order chi connectivity index (χ0) is 15.2. The van der Waals surface area contributed by atoms with Crippen LogP contribution in [0.2, 0.25) is 0 Å². The molecule has 8 heteroatoms. The molecule has 2 amide bonds. The number of hydrogen-bond acceptors (Lipinski definition) is 6. The Kier molecular flexibility index (Phi) is 5.15. The maximum atomic E-state index is 11.7. The molecule has 1 aromatic heterocycles. The summed E-state index contributed by atoms with van der Waals surface area (Å²) in [6, 6.07) is 3.60. The van der Waals surface area contributed by atoms with Gasteiger partial charge in [-0.2, -0.15) is 5.10 Å². The van der Waals surface area contributed by atoms with E-state index in [0.29, 0.717) is 17.5 Å². The second-order valence-corrected chi connectivity index (χ2v) is 5.54. The van der Waals surface area contributed by atoms with Crippen LogP contribution in [0.15, 0.2) is 26.8 Å². The van der Waals surface area contributed by atoms with Crippen molar-refractivity contribution < 1.29 is 14.0 Å². The van der Waals surface area contributed by atoms with Crippen LogP contribution in [0, 0.1) is 6.92 Å². The zero-order valence-corrected chi connectivity index (χ0v) is 12.6. The molecule has 21 heavy (non-hydrogen) atoms. The highest BCUT2D eigenvalue weighted by Crippen LogP contribution is 2.22. The Bertz CT molecular complexity index is 594. The van der Waals surface area contributed by atoms with Crippen LogP contribution in [0.3, 0.4) is 0 Å². The first kappa shape index (κ1) is 15.3. The molecule has 0 bridgehead atoms. The molecule has 1 atom stereocenters. The lowest BCUT2D eigenvalue weighted by Crippen LogP contribution is -2.31. The Morgan fingerprint density at radius 3 is 3.05 bits per heavy atom. The first-order chi connectivity index (χ1) is 10.1. The van der Waals surface area contributed by atoms with Crippen LogP contribution in [-0.2, 0) is 9.59 Å². The molecule has 0 spiro atoms. The fraction of sp³-hybridized carbons (Fsp3) is 0.385. The molecule has 1 saturated heterocycles. The van der Waals surface area contributed by atoms with Gasteiger partial charge in [0.05, 0.1) is 6.21 Å². The second-order valence-electron chi connectivity index (χ2n) is 4.35. The molecule has 1 aromatic rings.